The van der Waals surface area contributed by atoms with Gasteiger partial charge in [-0.1, -0.05) is 45.0 Å². The predicted molar refractivity (Wildman–Crippen MR) is 160 cm³/mol. The second kappa shape index (κ2) is 11.5. The number of hydrogen-bond acceptors (Lipinski definition) is 4. The number of piperazine rings is 1. The number of carbonyl (C=O) groups is 2. The van der Waals surface area contributed by atoms with Gasteiger partial charge in [0.15, 0.2) is 0 Å². The number of fused-ring (bicyclic) bond motifs is 3. The van der Waals surface area contributed by atoms with Crippen molar-refractivity contribution in [2.75, 3.05) is 44.2 Å². The minimum Gasteiger partial charge on any atom is -0.342 e. The Balaban J connectivity index is 1.20. The molecule has 3 aromatic rings. The molecule has 0 radical (unpaired) electrons. The minimum atomic E-state index is -0.0302. The van der Waals surface area contributed by atoms with Crippen molar-refractivity contribution in [1.82, 2.24) is 25.1 Å². The molecule has 1 fully saturated rings. The molecule has 0 unspecified atom stereocenters. The molecule has 0 bridgehead atoms. The van der Waals surface area contributed by atoms with Gasteiger partial charge >= 0.3 is 6.03 Å². The highest BCUT2D eigenvalue weighted by Gasteiger charge is 2.27. The normalized spacial score (nSPS) is 15.8. The first kappa shape index (κ1) is 27.9. The fourth-order valence-corrected chi connectivity index (χ4v) is 5.55. The van der Waals surface area contributed by atoms with Crippen LogP contribution in [0, 0.1) is 19.3 Å². The van der Waals surface area contributed by atoms with Crippen LogP contribution < -0.4 is 10.2 Å². The summed E-state index contributed by atoms with van der Waals surface area (Å²) in [7, 11) is 0. The maximum absolute atomic E-state index is 13.7. The molecular weight excluding hydrogens is 500 g/mol. The first-order valence-electron chi connectivity index (χ1n) is 14.4. The molecule has 1 saturated heterocycles. The van der Waals surface area contributed by atoms with Gasteiger partial charge in [-0.3, -0.25) is 9.69 Å². The summed E-state index contributed by atoms with van der Waals surface area (Å²) < 4.78 is 0. The molecule has 3 heterocycles. The molecule has 2 aliphatic rings. The van der Waals surface area contributed by atoms with Crippen LogP contribution in [0.25, 0.3) is 11.3 Å². The van der Waals surface area contributed by atoms with E-state index in [0.29, 0.717) is 30.5 Å². The number of nitrogens with zero attached hydrogens (tertiary/aromatic N) is 4. The number of anilines is 1. The largest absolute Gasteiger partial charge is 0.342 e. The van der Waals surface area contributed by atoms with E-state index in [-0.39, 0.29) is 11.9 Å². The molecule has 2 aromatic carbocycles. The Morgan fingerprint density at radius 2 is 1.75 bits per heavy atom. The Kier molecular flexibility index (Phi) is 7.99. The quantitative estimate of drug-likeness (QED) is 0.467. The fraction of sp³-hybridized carbons (Fsp3) is 0.469. The monoisotopic (exact) mass is 542 g/mol. The predicted octanol–water partition coefficient (Wildman–Crippen LogP) is 5.16. The van der Waals surface area contributed by atoms with Crippen LogP contribution in [0.5, 0.6) is 0 Å². The third-order valence-corrected chi connectivity index (χ3v) is 8.04. The molecule has 40 heavy (non-hydrogen) atoms. The summed E-state index contributed by atoms with van der Waals surface area (Å²) in [5.41, 5.74) is 6.85. The number of urea groups is 1. The smallest absolute Gasteiger partial charge is 0.317 e. The van der Waals surface area contributed by atoms with Crippen molar-refractivity contribution in [2.45, 2.75) is 54.0 Å². The number of hydrogen-bond donors (Lipinski definition) is 2. The van der Waals surface area contributed by atoms with Crippen LogP contribution in [0.15, 0.2) is 42.5 Å². The second-order valence-corrected chi connectivity index (χ2v) is 12.3. The van der Waals surface area contributed by atoms with Gasteiger partial charge in [0.2, 0.25) is 0 Å². The van der Waals surface area contributed by atoms with Crippen LogP contribution in [-0.2, 0) is 13.0 Å². The van der Waals surface area contributed by atoms with Crippen LogP contribution in [0.1, 0.15) is 60.2 Å². The summed E-state index contributed by atoms with van der Waals surface area (Å²) in [6, 6.07) is 13.8. The van der Waals surface area contributed by atoms with Crippen molar-refractivity contribution in [1.29, 1.82) is 0 Å². The van der Waals surface area contributed by atoms with Crippen molar-refractivity contribution in [3.63, 3.8) is 0 Å². The van der Waals surface area contributed by atoms with Crippen molar-refractivity contribution in [3.8, 4) is 11.3 Å². The highest BCUT2D eigenvalue weighted by molar-refractivity contribution is 6.08. The standard InChI is InChI=1S/C32H42N6O2/c1-22-20-24(30(39)38-14-12-27-29(35-23(2)34-27)26-8-6-7-9-28(26)38)10-11-25(22)21-33-31(40)37-18-16-36(17-19-37)15-13-32(3,4)5/h6-11,20H,12-19,21H2,1-5H3,(H,33,40)(H,34,35). The molecule has 2 aliphatic heterocycles. The highest BCUT2D eigenvalue weighted by Crippen LogP contribution is 2.35. The van der Waals surface area contributed by atoms with Gasteiger partial charge in [-0.25, -0.2) is 9.78 Å². The molecule has 2 N–H and O–H groups in total. The lowest BCUT2D eigenvalue weighted by atomic mass is 9.92. The van der Waals surface area contributed by atoms with E-state index in [9.17, 15) is 9.59 Å². The number of para-hydroxylation sites is 1. The van der Waals surface area contributed by atoms with Crippen molar-refractivity contribution < 1.29 is 9.59 Å². The van der Waals surface area contributed by atoms with Crippen LogP contribution in [0.3, 0.4) is 0 Å². The molecule has 0 saturated carbocycles. The number of amides is 3. The molecule has 3 amide bonds. The lowest BCUT2D eigenvalue weighted by Gasteiger charge is -2.36. The Hall–Kier alpha value is -3.65. The summed E-state index contributed by atoms with van der Waals surface area (Å²) in [5, 5.41) is 3.09. The molecule has 212 valence electrons. The zero-order chi connectivity index (χ0) is 28.4. The summed E-state index contributed by atoms with van der Waals surface area (Å²) in [6.07, 6.45) is 1.85. The van der Waals surface area contributed by atoms with Gasteiger partial charge in [0.1, 0.15) is 5.82 Å². The van der Waals surface area contributed by atoms with Gasteiger partial charge in [-0.05, 0) is 61.6 Å². The third kappa shape index (κ3) is 6.22. The van der Waals surface area contributed by atoms with Crippen LogP contribution in [-0.4, -0.2) is 71.0 Å². The van der Waals surface area contributed by atoms with Gasteiger partial charge in [-0.2, -0.15) is 0 Å². The number of carbonyl (C=O) groups excluding carboxylic acids is 2. The number of benzene rings is 2. The third-order valence-electron chi connectivity index (χ3n) is 8.04. The molecule has 5 rings (SSSR count). The Labute approximate surface area is 237 Å². The average Bonchev–Trinajstić information content (AvgIpc) is 3.24. The summed E-state index contributed by atoms with van der Waals surface area (Å²) >= 11 is 0. The van der Waals surface area contributed by atoms with Crippen LogP contribution in [0.4, 0.5) is 10.5 Å². The van der Waals surface area contributed by atoms with Crippen molar-refractivity contribution >= 4 is 17.6 Å². The lowest BCUT2D eigenvalue weighted by Crippen LogP contribution is -2.52. The van der Waals surface area contributed by atoms with Crippen molar-refractivity contribution in [2.24, 2.45) is 5.41 Å². The van der Waals surface area contributed by atoms with Crippen molar-refractivity contribution in [3.05, 3.63) is 70.7 Å². The van der Waals surface area contributed by atoms with E-state index in [1.165, 1.54) is 0 Å². The number of aryl methyl sites for hydroxylation is 2. The SMILES string of the molecule is Cc1nc2c([nH]1)-c1ccccc1N(C(=O)c1ccc(CNC(=O)N3CCN(CCC(C)(C)C)CC3)c(C)c1)CC2. The van der Waals surface area contributed by atoms with Crippen LogP contribution >= 0.6 is 0 Å². The molecule has 0 atom stereocenters. The van der Waals surface area contributed by atoms with Gasteiger partial charge in [0, 0.05) is 56.8 Å². The Morgan fingerprint density at radius 1 is 1.00 bits per heavy atom. The zero-order valence-corrected chi connectivity index (χ0v) is 24.5. The van der Waals surface area contributed by atoms with Gasteiger partial charge in [0.05, 0.1) is 17.1 Å². The highest BCUT2D eigenvalue weighted by atomic mass is 16.2. The van der Waals surface area contributed by atoms with Gasteiger partial charge in [-0.15, -0.1) is 0 Å². The van der Waals surface area contributed by atoms with E-state index >= 15 is 0 Å². The number of nitrogens with one attached hydrogen (secondary N) is 2. The van der Waals surface area contributed by atoms with E-state index in [4.69, 9.17) is 0 Å². The Bertz CT molecular complexity index is 1380. The molecular formula is C32H42N6O2. The molecule has 0 aliphatic carbocycles. The number of imidazole rings is 1. The first-order valence-corrected chi connectivity index (χ1v) is 14.4. The first-order chi connectivity index (χ1) is 19.1. The molecule has 8 nitrogen and oxygen atoms in total. The lowest BCUT2D eigenvalue weighted by molar-refractivity contribution is 0.0987. The zero-order valence-electron chi connectivity index (χ0n) is 24.5. The summed E-state index contributed by atoms with van der Waals surface area (Å²) in [5.74, 6) is 0.855. The maximum Gasteiger partial charge on any atom is 0.317 e. The van der Waals surface area contributed by atoms with Gasteiger partial charge < -0.3 is 20.1 Å². The van der Waals surface area contributed by atoms with E-state index in [1.807, 2.05) is 66.1 Å². The minimum absolute atomic E-state index is 0.0248. The van der Waals surface area contributed by atoms with Crippen LogP contribution in [0.2, 0.25) is 0 Å². The second-order valence-electron chi connectivity index (χ2n) is 12.3. The summed E-state index contributed by atoms with van der Waals surface area (Å²) in [4.78, 5) is 40.8. The number of aromatic amines is 1. The van der Waals surface area contributed by atoms with E-state index in [2.05, 4.69) is 41.0 Å². The number of H-pyrrole nitrogens is 1. The molecule has 8 heteroatoms. The van der Waals surface area contributed by atoms with E-state index < -0.39 is 0 Å². The topological polar surface area (TPSA) is 84.6 Å². The molecule has 0 spiro atoms. The number of aromatic nitrogens is 2. The van der Waals surface area contributed by atoms with E-state index in [0.717, 1.165) is 78.7 Å². The summed E-state index contributed by atoms with van der Waals surface area (Å²) in [6.45, 7) is 16.2. The average molecular weight is 543 g/mol. The number of rotatable bonds is 5. The molecule has 1 aromatic heterocycles. The maximum atomic E-state index is 13.7. The van der Waals surface area contributed by atoms with E-state index in [1.54, 1.807) is 0 Å². The van der Waals surface area contributed by atoms with Gasteiger partial charge in [0.25, 0.3) is 5.91 Å². The Morgan fingerprint density at radius 3 is 2.48 bits per heavy atom. The fourth-order valence-electron chi connectivity index (χ4n) is 5.55.